The normalized spacial score (nSPS) is 9.89. The maximum atomic E-state index is 11.2. The molecule has 98 valence electrons. The number of thioether (sulfide) groups is 1. The van der Waals surface area contributed by atoms with Gasteiger partial charge in [-0.05, 0) is 6.92 Å². The van der Waals surface area contributed by atoms with E-state index in [9.17, 15) is 14.9 Å². The minimum absolute atomic E-state index is 0.0342. The van der Waals surface area contributed by atoms with Gasteiger partial charge in [-0.25, -0.2) is 10.8 Å². The number of nitrogen functional groups attached to an aromatic ring is 1. The van der Waals surface area contributed by atoms with Crippen molar-refractivity contribution in [3.63, 3.8) is 0 Å². The lowest BCUT2D eigenvalue weighted by molar-refractivity contribution is -0.388. The van der Waals surface area contributed by atoms with E-state index in [1.807, 2.05) is 0 Å². The summed E-state index contributed by atoms with van der Waals surface area (Å²) in [6.07, 6.45) is 1.02. The Morgan fingerprint density at radius 2 is 2.44 bits per heavy atom. The van der Waals surface area contributed by atoms with Gasteiger partial charge in [-0.2, -0.15) is 4.98 Å². The minimum atomic E-state index is -0.631. The van der Waals surface area contributed by atoms with Crippen LogP contribution in [0.4, 0.5) is 11.6 Å². The molecule has 10 heteroatoms. The molecule has 0 bridgehead atoms. The summed E-state index contributed by atoms with van der Waals surface area (Å²) >= 11 is 0.890. The van der Waals surface area contributed by atoms with Crippen LogP contribution in [-0.2, 0) is 9.53 Å². The van der Waals surface area contributed by atoms with Gasteiger partial charge in [0.25, 0.3) is 0 Å². The second-order valence-electron chi connectivity index (χ2n) is 2.88. The van der Waals surface area contributed by atoms with Crippen molar-refractivity contribution >= 4 is 29.4 Å². The smallest absolute Gasteiger partial charge is 0.319 e. The number of nitro groups is 1. The van der Waals surface area contributed by atoms with Crippen molar-refractivity contribution in [2.45, 2.75) is 11.9 Å². The molecule has 0 unspecified atom stereocenters. The van der Waals surface area contributed by atoms with E-state index in [1.165, 1.54) is 0 Å². The summed E-state index contributed by atoms with van der Waals surface area (Å²) in [5, 5.41) is 10.8. The highest BCUT2D eigenvalue weighted by Crippen LogP contribution is 2.27. The number of carbonyl (C=O) groups is 1. The second kappa shape index (κ2) is 6.71. The van der Waals surface area contributed by atoms with Crippen LogP contribution in [0.1, 0.15) is 6.92 Å². The molecule has 18 heavy (non-hydrogen) atoms. The molecule has 9 nitrogen and oxygen atoms in total. The molecule has 0 aliphatic rings. The van der Waals surface area contributed by atoms with E-state index in [0.29, 0.717) is 0 Å². The minimum Gasteiger partial charge on any atom is -0.465 e. The third-order valence-corrected chi connectivity index (χ3v) is 2.65. The summed E-state index contributed by atoms with van der Waals surface area (Å²) in [5.74, 6) is 4.59. The Morgan fingerprint density at radius 3 is 3.00 bits per heavy atom. The summed E-state index contributed by atoms with van der Waals surface area (Å²) in [6.45, 7) is 1.92. The lowest BCUT2D eigenvalue weighted by Crippen LogP contribution is -2.12. The van der Waals surface area contributed by atoms with Crippen molar-refractivity contribution in [2.75, 3.05) is 17.8 Å². The molecule has 1 aromatic rings. The van der Waals surface area contributed by atoms with Gasteiger partial charge in [0.15, 0.2) is 5.03 Å². The molecule has 0 radical (unpaired) electrons. The molecule has 0 aliphatic carbocycles. The molecule has 0 aromatic carbocycles. The van der Waals surface area contributed by atoms with Crippen LogP contribution in [0.3, 0.4) is 0 Å². The molecule has 1 rings (SSSR count). The van der Waals surface area contributed by atoms with Crippen molar-refractivity contribution in [3.8, 4) is 0 Å². The summed E-state index contributed by atoms with van der Waals surface area (Å²) in [7, 11) is 0. The average molecular weight is 273 g/mol. The lowest BCUT2D eigenvalue weighted by Gasteiger charge is -2.04. The number of hydrogen-bond acceptors (Lipinski definition) is 9. The summed E-state index contributed by atoms with van der Waals surface area (Å²) in [4.78, 5) is 28.7. The Morgan fingerprint density at radius 1 is 1.72 bits per heavy atom. The molecule has 0 aliphatic heterocycles. The third kappa shape index (κ3) is 3.82. The maximum Gasteiger partial charge on any atom is 0.319 e. The van der Waals surface area contributed by atoms with Gasteiger partial charge in [0, 0.05) is 0 Å². The van der Waals surface area contributed by atoms with Gasteiger partial charge >= 0.3 is 11.7 Å². The highest BCUT2D eigenvalue weighted by atomic mass is 32.2. The fraction of sp³-hybridized carbons (Fsp3) is 0.375. The first-order valence-electron chi connectivity index (χ1n) is 4.85. The zero-order chi connectivity index (χ0) is 13.5. The monoisotopic (exact) mass is 273 g/mol. The molecule has 0 fully saturated rings. The van der Waals surface area contributed by atoms with E-state index in [-0.39, 0.29) is 29.0 Å². The summed E-state index contributed by atoms with van der Waals surface area (Å²) in [6, 6.07) is 0. The van der Waals surface area contributed by atoms with Crippen molar-refractivity contribution in [2.24, 2.45) is 5.84 Å². The Labute approximate surface area is 106 Å². The largest absolute Gasteiger partial charge is 0.465 e. The van der Waals surface area contributed by atoms with E-state index in [4.69, 9.17) is 10.6 Å². The molecular formula is C8H11N5O4S. The van der Waals surface area contributed by atoms with E-state index >= 15 is 0 Å². The van der Waals surface area contributed by atoms with Crippen LogP contribution in [0.5, 0.6) is 0 Å². The van der Waals surface area contributed by atoms with Crippen molar-refractivity contribution in [1.29, 1.82) is 0 Å². The van der Waals surface area contributed by atoms with Gasteiger partial charge in [-0.3, -0.25) is 20.3 Å². The number of nitrogens with zero attached hydrogens (tertiary/aromatic N) is 3. The summed E-state index contributed by atoms with van der Waals surface area (Å²) in [5.41, 5.74) is 1.88. The number of ether oxygens (including phenoxy) is 1. The average Bonchev–Trinajstić information content (AvgIpc) is 2.36. The maximum absolute atomic E-state index is 11.2. The molecule has 0 spiro atoms. The Balaban J connectivity index is 2.84. The first-order valence-corrected chi connectivity index (χ1v) is 5.83. The van der Waals surface area contributed by atoms with E-state index in [0.717, 1.165) is 18.0 Å². The zero-order valence-electron chi connectivity index (χ0n) is 9.45. The van der Waals surface area contributed by atoms with Crippen LogP contribution in [0.25, 0.3) is 0 Å². The SMILES string of the molecule is CCOC(=O)CSc1nc(NN)ncc1[N+](=O)[O-]. The van der Waals surface area contributed by atoms with E-state index in [1.54, 1.807) is 6.92 Å². The van der Waals surface area contributed by atoms with Crippen LogP contribution < -0.4 is 11.3 Å². The molecule has 0 amide bonds. The molecular weight excluding hydrogens is 262 g/mol. The Kier molecular flexibility index (Phi) is 5.27. The van der Waals surface area contributed by atoms with Gasteiger partial charge < -0.3 is 4.74 Å². The Hall–Kier alpha value is -1.94. The molecule has 1 heterocycles. The third-order valence-electron chi connectivity index (χ3n) is 1.69. The van der Waals surface area contributed by atoms with Gasteiger partial charge in [0.1, 0.15) is 6.20 Å². The fourth-order valence-electron chi connectivity index (χ4n) is 0.991. The van der Waals surface area contributed by atoms with Crippen LogP contribution in [0, 0.1) is 10.1 Å². The Bertz CT molecular complexity index is 455. The van der Waals surface area contributed by atoms with Crippen LogP contribution in [0.15, 0.2) is 11.2 Å². The number of aromatic nitrogens is 2. The number of hydrogen-bond donors (Lipinski definition) is 2. The first kappa shape index (κ1) is 14.1. The van der Waals surface area contributed by atoms with Gasteiger partial charge in [-0.1, -0.05) is 11.8 Å². The number of nitrogens with two attached hydrogens (primary N) is 1. The van der Waals surface area contributed by atoms with Crippen LogP contribution >= 0.6 is 11.8 Å². The van der Waals surface area contributed by atoms with Crippen molar-refractivity contribution < 1.29 is 14.5 Å². The number of rotatable bonds is 6. The predicted octanol–water partition coefficient (Wildman–Crippen LogP) is 0.326. The topological polar surface area (TPSA) is 133 Å². The predicted molar refractivity (Wildman–Crippen MR) is 63.9 cm³/mol. The number of anilines is 1. The first-order chi connectivity index (χ1) is 8.58. The number of nitrogens with one attached hydrogen (secondary N) is 1. The zero-order valence-corrected chi connectivity index (χ0v) is 10.3. The molecule has 0 saturated heterocycles. The second-order valence-corrected chi connectivity index (χ2v) is 3.84. The highest BCUT2D eigenvalue weighted by molar-refractivity contribution is 8.00. The number of esters is 1. The lowest BCUT2D eigenvalue weighted by atomic mass is 10.5. The quantitative estimate of drug-likeness (QED) is 0.188. The van der Waals surface area contributed by atoms with Gasteiger partial charge in [0.05, 0.1) is 17.3 Å². The molecule has 3 N–H and O–H groups in total. The fourth-order valence-corrected chi connectivity index (χ4v) is 1.75. The van der Waals surface area contributed by atoms with Crippen LogP contribution in [0.2, 0.25) is 0 Å². The number of carbonyl (C=O) groups excluding carboxylic acids is 1. The van der Waals surface area contributed by atoms with E-state index in [2.05, 4.69) is 15.4 Å². The van der Waals surface area contributed by atoms with Crippen molar-refractivity contribution in [3.05, 3.63) is 16.3 Å². The summed E-state index contributed by atoms with van der Waals surface area (Å²) < 4.78 is 4.71. The van der Waals surface area contributed by atoms with Gasteiger partial charge in [0.2, 0.25) is 5.95 Å². The highest BCUT2D eigenvalue weighted by Gasteiger charge is 2.19. The van der Waals surface area contributed by atoms with Crippen LogP contribution in [-0.4, -0.2) is 33.2 Å². The van der Waals surface area contributed by atoms with E-state index < -0.39 is 10.9 Å². The molecule has 0 saturated carbocycles. The van der Waals surface area contributed by atoms with Gasteiger partial charge in [-0.15, -0.1) is 0 Å². The molecule has 0 atom stereocenters. The standard InChI is InChI=1S/C8H11N5O4S/c1-2-17-6(14)4-18-7-5(13(15)16)3-10-8(11-7)12-9/h3H,2,4,9H2,1H3,(H,10,11,12). The van der Waals surface area contributed by atoms with Crippen molar-refractivity contribution in [1.82, 2.24) is 9.97 Å². The number of hydrazine groups is 1. The molecule has 1 aromatic heterocycles.